The van der Waals surface area contributed by atoms with Crippen molar-refractivity contribution in [3.05, 3.63) is 66.5 Å². The zero-order valence-electron chi connectivity index (χ0n) is 10.2. The smallest absolute Gasteiger partial charge is 0.0992 e. The number of rotatable bonds is 2. The van der Waals surface area contributed by atoms with Crippen LogP contribution in [-0.4, -0.2) is 4.98 Å². The second-order valence-electron chi connectivity index (χ2n) is 4.22. The first kappa shape index (κ1) is 11.2. The number of aromatic nitrogens is 1. The van der Waals surface area contributed by atoms with Crippen molar-refractivity contribution < 1.29 is 0 Å². The van der Waals surface area contributed by atoms with Crippen LogP contribution in [0.4, 0.5) is 11.4 Å². The molecule has 0 atom stereocenters. The van der Waals surface area contributed by atoms with E-state index in [1.54, 1.807) is 12.3 Å². The lowest BCUT2D eigenvalue weighted by Crippen LogP contribution is -1.92. The van der Waals surface area contributed by atoms with Crippen LogP contribution in [0.1, 0.15) is 5.56 Å². The van der Waals surface area contributed by atoms with Gasteiger partial charge in [-0.3, -0.25) is 4.98 Å². The third-order valence-corrected chi connectivity index (χ3v) is 2.95. The number of hydrogen-bond donors (Lipinski definition) is 1. The van der Waals surface area contributed by atoms with Crippen molar-refractivity contribution in [2.45, 2.75) is 0 Å². The molecular formula is C16H11N3. The second kappa shape index (κ2) is 4.79. The molecule has 19 heavy (non-hydrogen) atoms. The Morgan fingerprint density at radius 1 is 1.05 bits per heavy atom. The molecule has 0 aliphatic carbocycles. The molecule has 1 aromatic heterocycles. The largest absolute Gasteiger partial charge is 0.355 e. The molecule has 0 fully saturated rings. The molecule has 1 heterocycles. The van der Waals surface area contributed by atoms with E-state index in [2.05, 4.69) is 16.4 Å². The average Bonchev–Trinajstić information content (AvgIpc) is 2.48. The lowest BCUT2D eigenvalue weighted by atomic mass is 10.1. The third kappa shape index (κ3) is 2.24. The molecule has 0 saturated carbocycles. The topological polar surface area (TPSA) is 48.7 Å². The Bertz CT molecular complexity index is 767. The maximum absolute atomic E-state index is 8.91. The Morgan fingerprint density at radius 2 is 1.95 bits per heavy atom. The summed E-state index contributed by atoms with van der Waals surface area (Å²) in [6, 6.07) is 17.6. The Labute approximate surface area is 111 Å². The Morgan fingerprint density at radius 3 is 2.84 bits per heavy atom. The van der Waals surface area contributed by atoms with Gasteiger partial charge in [0.15, 0.2) is 0 Å². The average molecular weight is 245 g/mol. The molecule has 2 aromatic carbocycles. The first-order valence-corrected chi connectivity index (χ1v) is 5.97. The molecule has 0 spiro atoms. The summed E-state index contributed by atoms with van der Waals surface area (Å²) in [4.78, 5) is 4.16. The zero-order chi connectivity index (χ0) is 13.1. The van der Waals surface area contributed by atoms with Crippen molar-refractivity contribution in [2.75, 3.05) is 5.32 Å². The van der Waals surface area contributed by atoms with E-state index in [1.165, 1.54) is 0 Å². The molecule has 0 radical (unpaired) electrons. The number of nitrogens with one attached hydrogen (secondary N) is 1. The number of fused-ring (bicyclic) bond motifs is 1. The zero-order valence-corrected chi connectivity index (χ0v) is 10.2. The number of hydrogen-bond acceptors (Lipinski definition) is 3. The molecule has 3 rings (SSSR count). The number of nitrogens with zero attached hydrogens (tertiary/aromatic N) is 2. The van der Waals surface area contributed by atoms with Crippen molar-refractivity contribution in [3.63, 3.8) is 0 Å². The molecule has 0 saturated heterocycles. The van der Waals surface area contributed by atoms with Gasteiger partial charge in [0.1, 0.15) is 0 Å². The van der Waals surface area contributed by atoms with Gasteiger partial charge >= 0.3 is 0 Å². The van der Waals surface area contributed by atoms with Crippen molar-refractivity contribution in [2.24, 2.45) is 0 Å². The Kier molecular flexibility index (Phi) is 2.83. The summed E-state index contributed by atoms with van der Waals surface area (Å²) in [5.41, 5.74) is 2.53. The van der Waals surface area contributed by atoms with E-state index in [0.29, 0.717) is 5.56 Å². The molecule has 1 N–H and O–H groups in total. The minimum Gasteiger partial charge on any atom is -0.355 e. The second-order valence-corrected chi connectivity index (χ2v) is 4.22. The third-order valence-electron chi connectivity index (χ3n) is 2.95. The van der Waals surface area contributed by atoms with Gasteiger partial charge < -0.3 is 5.32 Å². The molecular weight excluding hydrogens is 234 g/mol. The Hall–Kier alpha value is -2.86. The quantitative estimate of drug-likeness (QED) is 0.746. The van der Waals surface area contributed by atoms with Gasteiger partial charge in [-0.15, -0.1) is 0 Å². The molecule has 0 unspecified atom stereocenters. The van der Waals surface area contributed by atoms with Gasteiger partial charge in [0.25, 0.3) is 0 Å². The molecule has 0 aliphatic heterocycles. The van der Waals surface area contributed by atoms with Crippen LogP contribution in [0.25, 0.3) is 10.8 Å². The van der Waals surface area contributed by atoms with E-state index in [1.807, 2.05) is 48.7 Å². The molecule has 3 aromatic rings. The fraction of sp³-hybridized carbons (Fsp3) is 0. The summed E-state index contributed by atoms with van der Waals surface area (Å²) < 4.78 is 0. The van der Waals surface area contributed by atoms with E-state index in [-0.39, 0.29) is 0 Å². The fourth-order valence-electron chi connectivity index (χ4n) is 2.04. The van der Waals surface area contributed by atoms with Gasteiger partial charge in [-0.05, 0) is 35.7 Å². The normalized spacial score (nSPS) is 10.1. The molecule has 0 bridgehead atoms. The van der Waals surface area contributed by atoms with Crippen LogP contribution in [0.15, 0.2) is 60.9 Å². The maximum atomic E-state index is 8.91. The highest BCUT2D eigenvalue weighted by Crippen LogP contribution is 2.25. The Balaban J connectivity index is 2.04. The molecule has 90 valence electrons. The lowest BCUT2D eigenvalue weighted by Gasteiger charge is -2.09. The van der Waals surface area contributed by atoms with Gasteiger partial charge in [-0.1, -0.05) is 18.2 Å². The number of nitriles is 1. The minimum absolute atomic E-state index is 0.642. The van der Waals surface area contributed by atoms with Crippen molar-refractivity contribution in [1.29, 1.82) is 5.26 Å². The van der Waals surface area contributed by atoms with Crippen LogP contribution in [0, 0.1) is 11.3 Å². The van der Waals surface area contributed by atoms with Crippen LogP contribution in [-0.2, 0) is 0 Å². The van der Waals surface area contributed by atoms with Crippen LogP contribution in [0.3, 0.4) is 0 Å². The first-order chi connectivity index (χ1) is 9.36. The van der Waals surface area contributed by atoms with Crippen molar-refractivity contribution >= 4 is 22.1 Å². The van der Waals surface area contributed by atoms with Gasteiger partial charge in [0.2, 0.25) is 0 Å². The summed E-state index contributed by atoms with van der Waals surface area (Å²) >= 11 is 0. The fourth-order valence-corrected chi connectivity index (χ4v) is 2.04. The van der Waals surface area contributed by atoms with Crippen molar-refractivity contribution in [1.82, 2.24) is 4.98 Å². The molecule has 3 heteroatoms. The first-order valence-electron chi connectivity index (χ1n) is 5.97. The summed E-state index contributed by atoms with van der Waals surface area (Å²) in [6.07, 6.45) is 3.62. The lowest BCUT2D eigenvalue weighted by molar-refractivity contribution is 1.36. The molecule has 3 nitrogen and oxygen atoms in total. The van der Waals surface area contributed by atoms with E-state index in [4.69, 9.17) is 5.26 Å². The van der Waals surface area contributed by atoms with Gasteiger partial charge in [0, 0.05) is 29.2 Å². The number of anilines is 2. The van der Waals surface area contributed by atoms with E-state index in [0.717, 1.165) is 22.1 Å². The highest BCUT2D eigenvalue weighted by atomic mass is 14.9. The number of benzene rings is 2. The van der Waals surface area contributed by atoms with Gasteiger partial charge in [0.05, 0.1) is 11.6 Å². The standard InChI is InChI=1S/C16H11N3/c17-10-12-3-1-5-14(9-12)19-16-6-2-4-13-7-8-18-11-15(13)16/h1-9,11,19H. The van der Waals surface area contributed by atoms with Gasteiger partial charge in [-0.25, -0.2) is 0 Å². The van der Waals surface area contributed by atoms with Crippen LogP contribution >= 0.6 is 0 Å². The molecule has 0 aliphatic rings. The van der Waals surface area contributed by atoms with Crippen molar-refractivity contribution in [3.8, 4) is 6.07 Å². The van der Waals surface area contributed by atoms with E-state index in [9.17, 15) is 0 Å². The highest BCUT2D eigenvalue weighted by Gasteiger charge is 2.01. The monoisotopic (exact) mass is 245 g/mol. The predicted molar refractivity (Wildman–Crippen MR) is 76.2 cm³/mol. The summed E-state index contributed by atoms with van der Waals surface area (Å²) in [7, 11) is 0. The SMILES string of the molecule is N#Cc1cccc(Nc2cccc3ccncc23)c1. The van der Waals surface area contributed by atoms with E-state index >= 15 is 0 Å². The predicted octanol–water partition coefficient (Wildman–Crippen LogP) is 3.85. The van der Waals surface area contributed by atoms with Gasteiger partial charge in [-0.2, -0.15) is 5.26 Å². The van der Waals surface area contributed by atoms with Crippen LogP contribution in [0.2, 0.25) is 0 Å². The van der Waals surface area contributed by atoms with Crippen LogP contribution < -0.4 is 5.32 Å². The summed E-state index contributed by atoms with van der Waals surface area (Å²) in [5, 5.41) is 14.4. The molecule has 0 amide bonds. The summed E-state index contributed by atoms with van der Waals surface area (Å²) in [6.45, 7) is 0. The maximum Gasteiger partial charge on any atom is 0.0992 e. The minimum atomic E-state index is 0.642. The summed E-state index contributed by atoms with van der Waals surface area (Å²) in [5.74, 6) is 0. The van der Waals surface area contributed by atoms with Crippen LogP contribution in [0.5, 0.6) is 0 Å². The number of pyridine rings is 1. The van der Waals surface area contributed by atoms with E-state index < -0.39 is 0 Å². The highest BCUT2D eigenvalue weighted by molar-refractivity contribution is 5.94.